The molecule has 20 heavy (non-hydrogen) atoms. The third-order valence-electron chi connectivity index (χ3n) is 2.41. The van der Waals surface area contributed by atoms with Crippen LogP contribution >= 0.6 is 0 Å². The van der Waals surface area contributed by atoms with E-state index in [1.807, 2.05) is 0 Å². The molecule has 0 aliphatic carbocycles. The second kappa shape index (κ2) is 5.93. The fraction of sp³-hybridized carbons (Fsp3) is 0.545. The van der Waals surface area contributed by atoms with Gasteiger partial charge >= 0.3 is 6.18 Å². The molecule has 0 bridgehead atoms. The van der Waals surface area contributed by atoms with Crippen molar-refractivity contribution in [3.05, 3.63) is 11.9 Å². The summed E-state index contributed by atoms with van der Waals surface area (Å²) >= 11 is 0. The zero-order chi connectivity index (χ0) is 15.5. The van der Waals surface area contributed by atoms with Crippen molar-refractivity contribution in [1.82, 2.24) is 14.9 Å². The van der Waals surface area contributed by atoms with Crippen LogP contribution in [0.2, 0.25) is 0 Å². The van der Waals surface area contributed by atoms with Crippen LogP contribution in [0.15, 0.2) is 6.07 Å². The minimum Gasteiger partial charge on any atom is -0.373 e. The number of amides is 1. The Morgan fingerprint density at radius 2 is 1.85 bits per heavy atom. The van der Waals surface area contributed by atoms with E-state index in [1.54, 1.807) is 14.1 Å². The molecule has 9 heteroatoms. The first-order chi connectivity index (χ1) is 9.15. The Balaban J connectivity index is 3.03. The first kappa shape index (κ1) is 16.0. The maximum atomic E-state index is 12.7. The van der Waals surface area contributed by atoms with Crippen molar-refractivity contribution in [3.63, 3.8) is 0 Å². The van der Waals surface area contributed by atoms with Crippen LogP contribution in [0.5, 0.6) is 0 Å². The summed E-state index contributed by atoms with van der Waals surface area (Å²) in [5, 5.41) is 5.15. The number of anilines is 2. The molecule has 0 aromatic carbocycles. The lowest BCUT2D eigenvalue weighted by atomic mass is 10.3. The summed E-state index contributed by atoms with van der Waals surface area (Å²) in [5.74, 6) is -1.60. The van der Waals surface area contributed by atoms with E-state index in [4.69, 9.17) is 0 Å². The monoisotopic (exact) mass is 291 g/mol. The highest BCUT2D eigenvalue weighted by atomic mass is 19.4. The van der Waals surface area contributed by atoms with Crippen molar-refractivity contribution < 1.29 is 18.0 Å². The highest BCUT2D eigenvalue weighted by Crippen LogP contribution is 2.28. The molecule has 0 radical (unpaired) electrons. The normalized spacial score (nSPS) is 12.8. The molecule has 0 spiro atoms. The molecule has 6 nitrogen and oxygen atoms in total. The van der Waals surface area contributed by atoms with Crippen molar-refractivity contribution in [1.29, 1.82) is 0 Å². The Labute approximate surface area is 114 Å². The number of hydrogen-bond acceptors (Lipinski definition) is 5. The van der Waals surface area contributed by atoms with Gasteiger partial charge in [0.2, 0.25) is 11.7 Å². The molecule has 1 unspecified atom stereocenters. The number of likely N-dealkylation sites (N-methyl/N-ethyl adjacent to an activating group) is 1. The summed E-state index contributed by atoms with van der Waals surface area (Å²) in [4.78, 5) is 19.7. The van der Waals surface area contributed by atoms with E-state index in [9.17, 15) is 18.0 Å². The fourth-order valence-electron chi connectivity index (χ4n) is 1.45. The van der Waals surface area contributed by atoms with Gasteiger partial charge in [-0.1, -0.05) is 0 Å². The Morgan fingerprint density at radius 3 is 2.30 bits per heavy atom. The highest BCUT2D eigenvalue weighted by molar-refractivity contribution is 5.83. The quantitative estimate of drug-likeness (QED) is 0.878. The maximum absolute atomic E-state index is 12.7. The van der Waals surface area contributed by atoms with Crippen LogP contribution < -0.4 is 10.6 Å². The van der Waals surface area contributed by atoms with E-state index in [2.05, 4.69) is 20.6 Å². The van der Waals surface area contributed by atoms with Crippen molar-refractivity contribution in [2.45, 2.75) is 19.1 Å². The third kappa shape index (κ3) is 3.97. The van der Waals surface area contributed by atoms with Crippen molar-refractivity contribution in [3.8, 4) is 0 Å². The zero-order valence-corrected chi connectivity index (χ0v) is 11.5. The van der Waals surface area contributed by atoms with Crippen LogP contribution in [0.4, 0.5) is 24.8 Å². The average molecular weight is 291 g/mol. The SMILES string of the molecule is CNc1cc(NC(C)C(=O)N(C)C)nc(C(F)(F)F)n1. The standard InChI is InChI=1S/C11H16F3N5O/c1-6(9(20)19(3)4)16-8-5-7(15-2)17-10(18-8)11(12,13)14/h5-6H,1-4H3,(H2,15,16,17,18). The molecular formula is C11H16F3N5O. The van der Waals surface area contributed by atoms with Gasteiger partial charge in [-0.25, -0.2) is 9.97 Å². The van der Waals surface area contributed by atoms with E-state index >= 15 is 0 Å². The second-order valence-electron chi connectivity index (χ2n) is 4.31. The summed E-state index contributed by atoms with van der Waals surface area (Å²) in [5.41, 5.74) is 0. The van der Waals surface area contributed by atoms with Gasteiger partial charge in [-0.2, -0.15) is 13.2 Å². The van der Waals surface area contributed by atoms with Gasteiger partial charge in [0.05, 0.1) is 0 Å². The molecule has 1 rings (SSSR count). The smallest absolute Gasteiger partial charge is 0.373 e. The van der Waals surface area contributed by atoms with Crippen molar-refractivity contribution >= 4 is 17.5 Å². The number of aromatic nitrogens is 2. The fourth-order valence-corrected chi connectivity index (χ4v) is 1.45. The van der Waals surface area contributed by atoms with Crippen molar-refractivity contribution in [2.75, 3.05) is 31.8 Å². The van der Waals surface area contributed by atoms with Crippen molar-refractivity contribution in [2.24, 2.45) is 0 Å². The number of nitrogens with zero attached hydrogens (tertiary/aromatic N) is 3. The lowest BCUT2D eigenvalue weighted by Gasteiger charge is -2.19. The Morgan fingerprint density at radius 1 is 1.30 bits per heavy atom. The van der Waals surface area contributed by atoms with E-state index in [-0.39, 0.29) is 17.5 Å². The number of alkyl halides is 3. The van der Waals surface area contributed by atoms with Gasteiger partial charge in [-0.05, 0) is 6.92 Å². The van der Waals surface area contributed by atoms with Gasteiger partial charge in [0.15, 0.2) is 0 Å². The number of nitrogens with one attached hydrogen (secondary N) is 2. The zero-order valence-electron chi connectivity index (χ0n) is 11.5. The first-order valence-corrected chi connectivity index (χ1v) is 5.77. The molecule has 1 amide bonds. The Bertz CT molecular complexity index is 489. The van der Waals surface area contributed by atoms with Gasteiger partial charge in [0.25, 0.3) is 0 Å². The number of hydrogen-bond donors (Lipinski definition) is 2. The molecule has 0 saturated carbocycles. The number of halogens is 3. The predicted octanol–water partition coefficient (Wildman–Crippen LogP) is 1.43. The highest BCUT2D eigenvalue weighted by Gasteiger charge is 2.35. The third-order valence-corrected chi connectivity index (χ3v) is 2.41. The number of rotatable bonds is 4. The van der Waals surface area contributed by atoms with Crippen LogP contribution in [0.25, 0.3) is 0 Å². The molecule has 0 aliphatic heterocycles. The van der Waals surface area contributed by atoms with Crippen LogP contribution in [0, 0.1) is 0 Å². The molecule has 1 heterocycles. The summed E-state index contributed by atoms with van der Waals surface area (Å²) in [6, 6.07) is 0.597. The minimum absolute atomic E-state index is 0.0133. The molecule has 2 N–H and O–H groups in total. The molecule has 0 aliphatic rings. The average Bonchev–Trinajstić information content (AvgIpc) is 2.36. The molecule has 112 valence electrons. The van der Waals surface area contributed by atoms with E-state index in [0.29, 0.717) is 0 Å². The lowest BCUT2D eigenvalue weighted by Crippen LogP contribution is -2.37. The van der Waals surface area contributed by atoms with Crippen LogP contribution in [0.3, 0.4) is 0 Å². The topological polar surface area (TPSA) is 70.2 Å². The van der Waals surface area contributed by atoms with Gasteiger partial charge in [-0.15, -0.1) is 0 Å². The number of carbonyl (C=O) groups excluding carboxylic acids is 1. The first-order valence-electron chi connectivity index (χ1n) is 5.77. The minimum atomic E-state index is -4.65. The van der Waals surface area contributed by atoms with E-state index in [1.165, 1.54) is 24.9 Å². The molecule has 1 atom stereocenters. The molecule has 1 aromatic heterocycles. The summed E-state index contributed by atoms with van der Waals surface area (Å²) in [6.45, 7) is 1.54. The maximum Gasteiger partial charge on any atom is 0.451 e. The predicted molar refractivity (Wildman–Crippen MR) is 68.4 cm³/mol. The largest absolute Gasteiger partial charge is 0.451 e. The Hall–Kier alpha value is -2.06. The van der Waals surface area contributed by atoms with Gasteiger partial charge < -0.3 is 15.5 Å². The van der Waals surface area contributed by atoms with Crippen LogP contribution in [-0.2, 0) is 11.0 Å². The van der Waals surface area contributed by atoms with Gasteiger partial charge in [-0.3, -0.25) is 4.79 Å². The molecule has 0 fully saturated rings. The number of carbonyl (C=O) groups is 1. The second-order valence-corrected chi connectivity index (χ2v) is 4.31. The Kier molecular flexibility index (Phi) is 4.74. The van der Waals surface area contributed by atoms with Gasteiger partial charge in [0, 0.05) is 27.2 Å². The molecule has 1 aromatic rings. The van der Waals surface area contributed by atoms with Crippen LogP contribution in [-0.4, -0.2) is 48.0 Å². The molecular weight excluding hydrogens is 275 g/mol. The van der Waals surface area contributed by atoms with E-state index in [0.717, 1.165) is 0 Å². The lowest BCUT2D eigenvalue weighted by molar-refractivity contribution is -0.144. The van der Waals surface area contributed by atoms with Gasteiger partial charge in [0.1, 0.15) is 17.7 Å². The summed E-state index contributed by atoms with van der Waals surface area (Å²) < 4.78 is 38.0. The summed E-state index contributed by atoms with van der Waals surface area (Å²) in [6.07, 6.45) is -4.65. The molecule has 0 saturated heterocycles. The summed E-state index contributed by atoms with van der Waals surface area (Å²) in [7, 11) is 4.56. The van der Waals surface area contributed by atoms with E-state index < -0.39 is 18.0 Å². The van der Waals surface area contributed by atoms with Crippen LogP contribution in [0.1, 0.15) is 12.7 Å².